The fraction of sp³-hybridized carbons (Fsp3) is 0.625. The molecule has 118 valence electrons. The topological polar surface area (TPSA) is 47.7 Å². The van der Waals surface area contributed by atoms with E-state index in [1.807, 2.05) is 18.2 Å². The van der Waals surface area contributed by atoms with Gasteiger partial charge in [0.2, 0.25) is 0 Å². The van der Waals surface area contributed by atoms with Crippen molar-refractivity contribution in [3.8, 4) is 5.75 Å². The summed E-state index contributed by atoms with van der Waals surface area (Å²) in [6.07, 6.45) is 2.20. The van der Waals surface area contributed by atoms with Gasteiger partial charge in [0.15, 0.2) is 0 Å². The lowest BCUT2D eigenvalue weighted by Gasteiger charge is -2.43. The van der Waals surface area contributed by atoms with Gasteiger partial charge < -0.3 is 15.2 Å². The number of rotatable bonds is 5. The largest absolute Gasteiger partial charge is 0.495 e. The van der Waals surface area contributed by atoms with Crippen LogP contribution >= 0.6 is 11.6 Å². The first-order chi connectivity index (χ1) is 10.0. The first-order valence-corrected chi connectivity index (χ1v) is 7.73. The number of methoxy groups -OCH3 is 2. The van der Waals surface area contributed by atoms with Gasteiger partial charge in [-0.2, -0.15) is 0 Å². The van der Waals surface area contributed by atoms with E-state index in [1.54, 1.807) is 14.2 Å². The van der Waals surface area contributed by atoms with E-state index >= 15 is 0 Å². The summed E-state index contributed by atoms with van der Waals surface area (Å²) in [5, 5.41) is 0.625. The molecule has 0 amide bonds. The molecule has 1 saturated heterocycles. The Balaban J connectivity index is 2.21. The van der Waals surface area contributed by atoms with E-state index < -0.39 is 0 Å². The van der Waals surface area contributed by atoms with E-state index in [-0.39, 0.29) is 11.6 Å². The van der Waals surface area contributed by atoms with E-state index in [2.05, 4.69) is 11.8 Å². The molecule has 2 N–H and O–H groups in total. The Labute approximate surface area is 132 Å². The molecule has 21 heavy (non-hydrogen) atoms. The Hall–Kier alpha value is -0.810. The number of likely N-dealkylation sites (tertiary alicyclic amines) is 1. The van der Waals surface area contributed by atoms with Crippen molar-refractivity contribution >= 4 is 11.6 Å². The van der Waals surface area contributed by atoms with E-state index in [0.29, 0.717) is 17.3 Å². The molecule has 2 unspecified atom stereocenters. The van der Waals surface area contributed by atoms with Gasteiger partial charge in [-0.25, -0.2) is 0 Å². The summed E-state index contributed by atoms with van der Waals surface area (Å²) in [7, 11) is 3.40. The SMILES string of the molecule is COc1ccc(C(CN)N2CCCC(C)(OC)C2)cc1Cl. The maximum atomic E-state index is 6.24. The van der Waals surface area contributed by atoms with Gasteiger partial charge in [-0.3, -0.25) is 4.90 Å². The van der Waals surface area contributed by atoms with Crippen LogP contribution in [-0.2, 0) is 4.74 Å². The highest BCUT2D eigenvalue weighted by atomic mass is 35.5. The molecular weight excluding hydrogens is 288 g/mol. The second kappa shape index (κ2) is 6.97. The average Bonchev–Trinajstić information content (AvgIpc) is 2.48. The quantitative estimate of drug-likeness (QED) is 0.908. The third-order valence-corrected chi connectivity index (χ3v) is 4.70. The van der Waals surface area contributed by atoms with Crippen molar-refractivity contribution < 1.29 is 9.47 Å². The van der Waals surface area contributed by atoms with Crippen LogP contribution in [0.5, 0.6) is 5.75 Å². The molecule has 1 aromatic rings. The number of benzene rings is 1. The molecule has 0 radical (unpaired) electrons. The van der Waals surface area contributed by atoms with Crippen LogP contribution in [0.4, 0.5) is 0 Å². The molecule has 1 fully saturated rings. The second-order valence-electron chi connectivity index (χ2n) is 5.87. The summed E-state index contributed by atoms with van der Waals surface area (Å²) >= 11 is 6.24. The number of halogens is 1. The fourth-order valence-corrected chi connectivity index (χ4v) is 3.33. The molecule has 0 aliphatic carbocycles. The summed E-state index contributed by atoms with van der Waals surface area (Å²) in [6.45, 7) is 4.63. The van der Waals surface area contributed by atoms with Gasteiger partial charge >= 0.3 is 0 Å². The number of ether oxygens (including phenoxy) is 2. The van der Waals surface area contributed by atoms with Crippen LogP contribution in [0.25, 0.3) is 0 Å². The molecule has 1 aliphatic rings. The van der Waals surface area contributed by atoms with Crippen molar-refractivity contribution in [1.29, 1.82) is 0 Å². The maximum absolute atomic E-state index is 6.24. The number of nitrogens with two attached hydrogens (primary N) is 1. The van der Waals surface area contributed by atoms with Crippen molar-refractivity contribution in [3.63, 3.8) is 0 Å². The van der Waals surface area contributed by atoms with Crippen molar-refractivity contribution in [2.75, 3.05) is 33.9 Å². The molecule has 5 heteroatoms. The Morgan fingerprint density at radius 2 is 2.19 bits per heavy atom. The molecule has 4 nitrogen and oxygen atoms in total. The third kappa shape index (κ3) is 3.69. The van der Waals surface area contributed by atoms with E-state index in [1.165, 1.54) is 0 Å². The standard InChI is InChI=1S/C16H25ClN2O2/c1-16(21-3)7-4-8-19(11-16)14(10-18)12-5-6-15(20-2)13(17)9-12/h5-6,9,14H,4,7-8,10-11,18H2,1-3H3. The fourth-order valence-electron chi connectivity index (χ4n) is 3.06. The zero-order valence-corrected chi connectivity index (χ0v) is 13.8. The maximum Gasteiger partial charge on any atom is 0.137 e. The summed E-state index contributed by atoms with van der Waals surface area (Å²) < 4.78 is 10.9. The molecule has 2 rings (SSSR count). The molecule has 1 aromatic carbocycles. The van der Waals surface area contributed by atoms with Gasteiger partial charge in [0, 0.05) is 26.2 Å². The lowest BCUT2D eigenvalue weighted by atomic mass is 9.92. The van der Waals surface area contributed by atoms with Crippen molar-refractivity contribution in [2.45, 2.75) is 31.4 Å². The van der Waals surface area contributed by atoms with Crippen molar-refractivity contribution in [2.24, 2.45) is 5.73 Å². The predicted octanol–water partition coefficient (Wildman–Crippen LogP) is 2.85. The average molecular weight is 313 g/mol. The summed E-state index contributed by atoms with van der Waals surface area (Å²) in [5.74, 6) is 0.691. The summed E-state index contributed by atoms with van der Waals surface area (Å²) in [6, 6.07) is 6.06. The number of hydrogen-bond donors (Lipinski definition) is 1. The summed E-state index contributed by atoms with van der Waals surface area (Å²) in [4.78, 5) is 2.39. The van der Waals surface area contributed by atoms with Gasteiger partial charge in [-0.1, -0.05) is 17.7 Å². The van der Waals surface area contributed by atoms with Gasteiger partial charge in [0.25, 0.3) is 0 Å². The van der Waals surface area contributed by atoms with E-state index in [0.717, 1.165) is 31.5 Å². The van der Waals surface area contributed by atoms with Gasteiger partial charge in [-0.15, -0.1) is 0 Å². The lowest BCUT2D eigenvalue weighted by Crippen LogP contribution is -2.49. The van der Waals surface area contributed by atoms with Crippen LogP contribution in [0.1, 0.15) is 31.4 Å². The number of piperidine rings is 1. The van der Waals surface area contributed by atoms with Gasteiger partial charge in [0.05, 0.1) is 17.7 Å². The van der Waals surface area contributed by atoms with Crippen LogP contribution in [0.2, 0.25) is 5.02 Å². The van der Waals surface area contributed by atoms with Crippen LogP contribution < -0.4 is 10.5 Å². The van der Waals surface area contributed by atoms with Crippen molar-refractivity contribution in [3.05, 3.63) is 28.8 Å². The minimum atomic E-state index is -0.0953. The highest BCUT2D eigenvalue weighted by Gasteiger charge is 2.34. The van der Waals surface area contributed by atoms with Crippen LogP contribution in [0, 0.1) is 0 Å². The van der Waals surface area contributed by atoms with Crippen LogP contribution in [-0.4, -0.2) is 44.4 Å². The molecule has 1 aliphatic heterocycles. The Kier molecular flexibility index (Phi) is 5.49. The number of nitrogens with zero attached hydrogens (tertiary/aromatic N) is 1. The minimum Gasteiger partial charge on any atom is -0.495 e. The highest BCUT2D eigenvalue weighted by Crippen LogP contribution is 2.33. The van der Waals surface area contributed by atoms with Gasteiger partial charge in [0.1, 0.15) is 5.75 Å². The number of hydrogen-bond acceptors (Lipinski definition) is 4. The Morgan fingerprint density at radius 1 is 1.43 bits per heavy atom. The molecule has 0 saturated carbocycles. The Bertz CT molecular complexity index is 483. The van der Waals surface area contributed by atoms with E-state index in [4.69, 9.17) is 26.8 Å². The third-order valence-electron chi connectivity index (χ3n) is 4.41. The zero-order valence-electron chi connectivity index (χ0n) is 13.1. The first-order valence-electron chi connectivity index (χ1n) is 7.35. The first kappa shape index (κ1) is 16.6. The molecule has 0 bridgehead atoms. The molecular formula is C16H25ClN2O2. The second-order valence-corrected chi connectivity index (χ2v) is 6.28. The predicted molar refractivity (Wildman–Crippen MR) is 86.0 cm³/mol. The van der Waals surface area contributed by atoms with E-state index in [9.17, 15) is 0 Å². The normalized spacial score (nSPS) is 24.8. The van der Waals surface area contributed by atoms with Crippen molar-refractivity contribution in [1.82, 2.24) is 4.90 Å². The lowest BCUT2D eigenvalue weighted by molar-refractivity contribution is -0.0608. The zero-order chi connectivity index (χ0) is 15.5. The van der Waals surface area contributed by atoms with Crippen LogP contribution in [0.15, 0.2) is 18.2 Å². The van der Waals surface area contributed by atoms with Crippen LogP contribution in [0.3, 0.4) is 0 Å². The molecule has 0 aromatic heterocycles. The van der Waals surface area contributed by atoms with Gasteiger partial charge in [-0.05, 0) is 44.0 Å². The molecule has 1 heterocycles. The summed E-state index contributed by atoms with van der Waals surface area (Å²) in [5.41, 5.74) is 7.06. The highest BCUT2D eigenvalue weighted by molar-refractivity contribution is 6.32. The minimum absolute atomic E-state index is 0.0953. The molecule has 2 atom stereocenters. The monoisotopic (exact) mass is 312 g/mol. The molecule has 0 spiro atoms. The smallest absolute Gasteiger partial charge is 0.137 e. The Morgan fingerprint density at radius 3 is 2.76 bits per heavy atom.